The number of aliphatic hydroxyl groups is 2. The van der Waals surface area contributed by atoms with Crippen LogP contribution in [0.2, 0.25) is 0 Å². The molecule has 2 aliphatic carbocycles. The highest BCUT2D eigenvalue weighted by atomic mass is 16.5. The summed E-state index contributed by atoms with van der Waals surface area (Å²) in [7, 11) is 3.77. The fraction of sp³-hybridized carbons (Fsp3) is 0.436. The SMILES string of the molecule is Cc1ccccc1C1=C(c2ccc(O[C@H]3CCC(C/C=C/C(C)(O)N(C)C)C3)cc2)c2ccc(C(C)(C)O)cc2CCC1. The summed E-state index contributed by atoms with van der Waals surface area (Å²) in [4.78, 5) is 1.81. The fourth-order valence-corrected chi connectivity index (χ4v) is 6.55. The summed E-state index contributed by atoms with van der Waals surface area (Å²) in [5.41, 5.74) is 8.23. The van der Waals surface area contributed by atoms with Crippen molar-refractivity contribution in [1.29, 1.82) is 0 Å². The first-order valence-corrected chi connectivity index (χ1v) is 15.9. The van der Waals surface area contributed by atoms with Gasteiger partial charge in [-0.25, -0.2) is 0 Å². The quantitative estimate of drug-likeness (QED) is 0.198. The number of hydrogen-bond acceptors (Lipinski definition) is 4. The maximum atomic E-state index is 10.7. The zero-order chi connectivity index (χ0) is 30.8. The van der Waals surface area contributed by atoms with Crippen LogP contribution in [-0.4, -0.2) is 41.0 Å². The number of aryl methyl sites for hydroxylation is 2. The lowest BCUT2D eigenvalue weighted by Crippen LogP contribution is -2.38. The van der Waals surface area contributed by atoms with Crippen LogP contribution in [0.4, 0.5) is 0 Å². The van der Waals surface area contributed by atoms with Crippen LogP contribution in [0.25, 0.3) is 11.1 Å². The van der Waals surface area contributed by atoms with Gasteiger partial charge in [-0.05, 0) is 155 Å². The zero-order valence-electron chi connectivity index (χ0n) is 26.9. The Kier molecular flexibility index (Phi) is 9.31. The molecular weight excluding hydrogens is 530 g/mol. The van der Waals surface area contributed by atoms with Crippen molar-refractivity contribution in [2.45, 2.75) is 90.1 Å². The molecule has 3 aromatic rings. The number of likely N-dealkylation sites (N-methyl/N-ethyl adjacent to an activating group) is 1. The molecule has 4 heteroatoms. The number of ether oxygens (including phenoxy) is 1. The Bertz CT molecular complexity index is 1470. The molecule has 5 rings (SSSR count). The highest BCUT2D eigenvalue weighted by Gasteiger charge is 2.27. The maximum Gasteiger partial charge on any atom is 0.134 e. The minimum Gasteiger partial charge on any atom is -0.490 e. The van der Waals surface area contributed by atoms with Gasteiger partial charge in [0.15, 0.2) is 0 Å². The summed E-state index contributed by atoms with van der Waals surface area (Å²) in [6.07, 6.45) is 11.5. The van der Waals surface area contributed by atoms with Crippen LogP contribution in [0, 0.1) is 12.8 Å². The fourth-order valence-electron chi connectivity index (χ4n) is 6.55. The lowest BCUT2D eigenvalue weighted by atomic mass is 9.85. The minimum absolute atomic E-state index is 0.221. The monoisotopic (exact) mass is 579 g/mol. The molecule has 2 aliphatic rings. The molecule has 0 aromatic heterocycles. The predicted molar refractivity (Wildman–Crippen MR) is 178 cm³/mol. The molecule has 4 nitrogen and oxygen atoms in total. The molecule has 0 spiro atoms. The van der Waals surface area contributed by atoms with Crippen molar-refractivity contribution in [1.82, 2.24) is 4.90 Å². The first-order valence-electron chi connectivity index (χ1n) is 15.9. The average molecular weight is 580 g/mol. The summed E-state index contributed by atoms with van der Waals surface area (Å²) in [6, 6.07) is 23.9. The topological polar surface area (TPSA) is 52.9 Å². The van der Waals surface area contributed by atoms with E-state index in [1.807, 2.05) is 45.8 Å². The van der Waals surface area contributed by atoms with Crippen molar-refractivity contribution >= 4 is 11.1 Å². The third-order valence-electron chi connectivity index (χ3n) is 9.47. The van der Waals surface area contributed by atoms with Gasteiger partial charge in [0.1, 0.15) is 11.5 Å². The smallest absolute Gasteiger partial charge is 0.134 e. The molecule has 0 radical (unpaired) electrons. The molecule has 0 aliphatic heterocycles. The third kappa shape index (κ3) is 7.32. The van der Waals surface area contributed by atoms with Crippen molar-refractivity contribution in [2.24, 2.45) is 5.92 Å². The second-order valence-corrected chi connectivity index (χ2v) is 13.5. The first-order chi connectivity index (χ1) is 20.4. The molecule has 1 saturated carbocycles. The number of nitrogens with zero attached hydrogens (tertiary/aromatic N) is 1. The van der Waals surface area contributed by atoms with E-state index in [2.05, 4.69) is 79.7 Å². The van der Waals surface area contributed by atoms with Gasteiger partial charge in [0.05, 0.1) is 11.7 Å². The largest absolute Gasteiger partial charge is 0.490 e. The highest BCUT2D eigenvalue weighted by molar-refractivity contribution is 6.00. The Morgan fingerprint density at radius 1 is 0.907 bits per heavy atom. The van der Waals surface area contributed by atoms with Crippen molar-refractivity contribution in [3.8, 4) is 5.75 Å². The standard InChI is InChI=1S/C39H49NO3/c1-27-11-7-8-14-34(27)36-15-9-13-30-26-31(38(2,3)41)19-23-35(30)37(36)29-17-21-32(22-18-29)43-33-20-16-28(25-33)12-10-24-39(4,42)40(5)6/h7-8,10-11,14,17-19,21-24,26,28,33,41-42H,9,12-13,15-16,20,25H2,1-6H3/b24-10+/t28?,33-,39?/m0/s1. The van der Waals surface area contributed by atoms with Crippen LogP contribution in [0.5, 0.6) is 5.75 Å². The van der Waals surface area contributed by atoms with E-state index in [-0.39, 0.29) is 6.10 Å². The van der Waals surface area contributed by atoms with E-state index in [1.54, 1.807) is 0 Å². The summed E-state index contributed by atoms with van der Waals surface area (Å²) < 4.78 is 6.49. The first kappa shape index (κ1) is 31.3. The third-order valence-corrected chi connectivity index (χ3v) is 9.47. The number of hydrogen-bond donors (Lipinski definition) is 2. The van der Waals surface area contributed by atoms with Crippen LogP contribution in [0.1, 0.15) is 92.7 Å². The molecule has 2 N–H and O–H groups in total. The molecule has 228 valence electrons. The van der Waals surface area contributed by atoms with Gasteiger partial charge in [0.2, 0.25) is 0 Å². The van der Waals surface area contributed by atoms with E-state index in [1.165, 1.54) is 39.0 Å². The lowest BCUT2D eigenvalue weighted by molar-refractivity contribution is -0.0206. The second-order valence-electron chi connectivity index (χ2n) is 13.5. The van der Waals surface area contributed by atoms with Crippen LogP contribution < -0.4 is 4.74 Å². The summed E-state index contributed by atoms with van der Waals surface area (Å²) in [6.45, 7) is 7.74. The van der Waals surface area contributed by atoms with Gasteiger partial charge in [-0.15, -0.1) is 0 Å². The molecule has 1 fully saturated rings. The van der Waals surface area contributed by atoms with Crippen molar-refractivity contribution in [2.75, 3.05) is 14.1 Å². The molecular formula is C39H49NO3. The summed E-state index contributed by atoms with van der Waals surface area (Å²) in [5.74, 6) is 1.50. The predicted octanol–water partition coefficient (Wildman–Crippen LogP) is 8.28. The van der Waals surface area contributed by atoms with Crippen LogP contribution in [-0.2, 0) is 12.0 Å². The highest BCUT2D eigenvalue weighted by Crippen LogP contribution is 2.42. The van der Waals surface area contributed by atoms with Crippen molar-refractivity contribution in [3.05, 3.63) is 112 Å². The van der Waals surface area contributed by atoms with E-state index >= 15 is 0 Å². The minimum atomic E-state index is -0.916. The van der Waals surface area contributed by atoms with Crippen LogP contribution in [0.15, 0.2) is 78.9 Å². The molecule has 0 heterocycles. The average Bonchev–Trinajstić information content (AvgIpc) is 3.31. The van der Waals surface area contributed by atoms with E-state index in [0.717, 1.165) is 56.3 Å². The van der Waals surface area contributed by atoms with Gasteiger partial charge < -0.3 is 14.9 Å². The molecule has 3 atom stereocenters. The van der Waals surface area contributed by atoms with Crippen LogP contribution in [0.3, 0.4) is 0 Å². The zero-order valence-corrected chi connectivity index (χ0v) is 26.9. The van der Waals surface area contributed by atoms with E-state index in [9.17, 15) is 10.2 Å². The Balaban J connectivity index is 1.39. The maximum absolute atomic E-state index is 10.7. The van der Waals surface area contributed by atoms with Gasteiger partial charge in [0.25, 0.3) is 0 Å². The molecule has 0 bridgehead atoms. The Morgan fingerprint density at radius 2 is 1.65 bits per heavy atom. The lowest BCUT2D eigenvalue weighted by Gasteiger charge is -2.27. The molecule has 0 saturated heterocycles. The van der Waals surface area contributed by atoms with Gasteiger partial charge in [-0.2, -0.15) is 0 Å². The van der Waals surface area contributed by atoms with Gasteiger partial charge in [0, 0.05) is 0 Å². The Morgan fingerprint density at radius 3 is 2.35 bits per heavy atom. The Hall–Kier alpha value is -3.18. The van der Waals surface area contributed by atoms with E-state index < -0.39 is 11.3 Å². The normalized spacial score (nSPS) is 20.8. The van der Waals surface area contributed by atoms with Crippen molar-refractivity contribution < 1.29 is 14.9 Å². The molecule has 43 heavy (non-hydrogen) atoms. The molecule has 2 unspecified atom stereocenters. The number of fused-ring (bicyclic) bond motifs is 1. The van der Waals surface area contributed by atoms with Crippen molar-refractivity contribution in [3.63, 3.8) is 0 Å². The summed E-state index contributed by atoms with van der Waals surface area (Å²) in [5, 5.41) is 21.2. The molecule has 3 aromatic carbocycles. The second kappa shape index (κ2) is 12.8. The Labute approximate surface area is 258 Å². The number of allylic oxidation sites excluding steroid dienone is 2. The number of benzene rings is 3. The van der Waals surface area contributed by atoms with E-state index in [4.69, 9.17) is 4.74 Å². The van der Waals surface area contributed by atoms with E-state index in [0.29, 0.717) is 5.92 Å². The van der Waals surface area contributed by atoms with Crippen LogP contribution >= 0.6 is 0 Å². The summed E-state index contributed by atoms with van der Waals surface area (Å²) >= 11 is 0. The molecule has 0 amide bonds. The number of rotatable bonds is 9. The van der Waals surface area contributed by atoms with Gasteiger partial charge in [-0.1, -0.05) is 60.7 Å². The van der Waals surface area contributed by atoms with Gasteiger partial charge >= 0.3 is 0 Å². The van der Waals surface area contributed by atoms with Gasteiger partial charge in [-0.3, -0.25) is 4.90 Å².